The minimum atomic E-state index is -0.0758. The van der Waals surface area contributed by atoms with Crippen LogP contribution in [0.2, 0.25) is 0 Å². The lowest BCUT2D eigenvalue weighted by Crippen LogP contribution is -2.63. The van der Waals surface area contributed by atoms with Crippen LogP contribution in [0.3, 0.4) is 0 Å². The van der Waals surface area contributed by atoms with Gasteiger partial charge in [0.25, 0.3) is 0 Å². The summed E-state index contributed by atoms with van der Waals surface area (Å²) in [5.41, 5.74) is 7.35. The van der Waals surface area contributed by atoms with Crippen molar-refractivity contribution in [2.75, 3.05) is 39.8 Å². The molecule has 0 bridgehead atoms. The van der Waals surface area contributed by atoms with Crippen molar-refractivity contribution >= 4 is 0 Å². The lowest BCUT2D eigenvalue weighted by Gasteiger charge is -2.48. The molecule has 1 aliphatic heterocycles. The molecule has 2 rings (SSSR count). The van der Waals surface area contributed by atoms with E-state index in [1.165, 1.54) is 5.56 Å². The third kappa shape index (κ3) is 3.83. The number of ether oxygens (including phenoxy) is 1. The topological polar surface area (TPSA) is 41.7 Å². The predicted molar refractivity (Wildman–Crippen MR) is 87.2 cm³/mol. The molecule has 1 aromatic rings. The highest BCUT2D eigenvalue weighted by Gasteiger charge is 2.37. The van der Waals surface area contributed by atoms with Gasteiger partial charge in [-0.05, 0) is 19.4 Å². The van der Waals surface area contributed by atoms with Crippen LogP contribution in [0, 0.1) is 0 Å². The van der Waals surface area contributed by atoms with E-state index in [0.717, 1.165) is 32.7 Å². The minimum absolute atomic E-state index is 0.0758. The van der Waals surface area contributed by atoms with Crippen LogP contribution in [0.25, 0.3) is 0 Å². The Hall–Kier alpha value is -0.940. The quantitative estimate of drug-likeness (QED) is 0.863. The summed E-state index contributed by atoms with van der Waals surface area (Å²) in [6, 6.07) is 10.7. The molecule has 1 aliphatic rings. The molecule has 0 saturated carbocycles. The fraction of sp³-hybridized carbons (Fsp3) is 0.647. The van der Waals surface area contributed by atoms with Crippen molar-refractivity contribution < 1.29 is 4.74 Å². The molecule has 2 N–H and O–H groups in total. The summed E-state index contributed by atoms with van der Waals surface area (Å²) >= 11 is 0. The van der Waals surface area contributed by atoms with Crippen molar-refractivity contribution in [3.8, 4) is 0 Å². The first-order chi connectivity index (χ1) is 10.1. The number of nitrogens with two attached hydrogens (primary N) is 1. The normalized spacial score (nSPS) is 21.9. The first-order valence-electron chi connectivity index (χ1n) is 7.84. The summed E-state index contributed by atoms with van der Waals surface area (Å²) in [6.07, 6.45) is 0.142. The number of hydrogen-bond acceptors (Lipinski definition) is 4. The van der Waals surface area contributed by atoms with Gasteiger partial charge in [-0.1, -0.05) is 30.3 Å². The van der Waals surface area contributed by atoms with E-state index in [1.54, 1.807) is 7.11 Å². The van der Waals surface area contributed by atoms with Crippen LogP contribution in [-0.2, 0) is 11.3 Å². The summed E-state index contributed by atoms with van der Waals surface area (Å²) in [5.74, 6) is 0. The maximum Gasteiger partial charge on any atom is 0.0736 e. The molecule has 1 heterocycles. The van der Waals surface area contributed by atoms with Crippen molar-refractivity contribution in [1.29, 1.82) is 0 Å². The molecule has 4 nitrogen and oxygen atoms in total. The molecule has 1 fully saturated rings. The highest BCUT2D eigenvalue weighted by molar-refractivity contribution is 5.14. The van der Waals surface area contributed by atoms with Crippen molar-refractivity contribution in [2.45, 2.75) is 32.0 Å². The zero-order valence-electron chi connectivity index (χ0n) is 13.6. The number of hydrogen-bond donors (Lipinski definition) is 1. The van der Waals surface area contributed by atoms with Gasteiger partial charge in [-0.15, -0.1) is 0 Å². The number of nitrogens with zero attached hydrogens (tertiary/aromatic N) is 2. The second kappa shape index (κ2) is 7.36. The molecule has 0 aliphatic carbocycles. The molecular weight excluding hydrogens is 262 g/mol. The van der Waals surface area contributed by atoms with Gasteiger partial charge in [0.15, 0.2) is 0 Å². The maximum absolute atomic E-state index is 6.04. The Morgan fingerprint density at radius 1 is 1.19 bits per heavy atom. The molecule has 1 saturated heterocycles. The van der Waals surface area contributed by atoms with E-state index in [9.17, 15) is 0 Å². The van der Waals surface area contributed by atoms with E-state index in [-0.39, 0.29) is 11.6 Å². The van der Waals surface area contributed by atoms with E-state index in [4.69, 9.17) is 10.5 Å². The molecule has 118 valence electrons. The minimum Gasteiger partial charge on any atom is -0.380 e. The number of methoxy groups -OCH3 is 1. The van der Waals surface area contributed by atoms with Crippen LogP contribution in [0.1, 0.15) is 19.4 Å². The average Bonchev–Trinajstić information content (AvgIpc) is 2.55. The van der Waals surface area contributed by atoms with Crippen molar-refractivity contribution in [3.63, 3.8) is 0 Å². The van der Waals surface area contributed by atoms with Crippen LogP contribution in [0.15, 0.2) is 30.3 Å². The van der Waals surface area contributed by atoms with Crippen molar-refractivity contribution in [1.82, 2.24) is 9.80 Å². The van der Waals surface area contributed by atoms with Crippen LogP contribution in [0.5, 0.6) is 0 Å². The van der Waals surface area contributed by atoms with E-state index in [0.29, 0.717) is 6.54 Å². The first kappa shape index (κ1) is 16.4. The Labute approximate surface area is 128 Å². The van der Waals surface area contributed by atoms with Gasteiger partial charge >= 0.3 is 0 Å². The maximum atomic E-state index is 6.04. The molecule has 0 spiro atoms. The Morgan fingerprint density at radius 3 is 2.33 bits per heavy atom. The summed E-state index contributed by atoms with van der Waals surface area (Å²) < 4.78 is 5.55. The summed E-state index contributed by atoms with van der Waals surface area (Å²) in [4.78, 5) is 5.00. The zero-order chi connectivity index (χ0) is 15.3. The lowest BCUT2D eigenvalue weighted by atomic mass is 9.92. The molecule has 2 atom stereocenters. The number of rotatable bonds is 6. The molecule has 21 heavy (non-hydrogen) atoms. The monoisotopic (exact) mass is 291 g/mol. The van der Waals surface area contributed by atoms with Crippen LogP contribution < -0.4 is 5.73 Å². The Morgan fingerprint density at radius 2 is 1.81 bits per heavy atom. The van der Waals surface area contributed by atoms with Crippen LogP contribution >= 0.6 is 0 Å². The van der Waals surface area contributed by atoms with Crippen molar-refractivity contribution in [3.05, 3.63) is 35.9 Å². The van der Waals surface area contributed by atoms with Crippen LogP contribution in [0.4, 0.5) is 0 Å². The highest BCUT2D eigenvalue weighted by atomic mass is 16.5. The molecular formula is C17H29N3O. The smallest absolute Gasteiger partial charge is 0.0736 e. The number of piperazine rings is 1. The first-order valence-corrected chi connectivity index (χ1v) is 7.84. The van der Waals surface area contributed by atoms with Crippen molar-refractivity contribution in [2.24, 2.45) is 5.73 Å². The summed E-state index contributed by atoms with van der Waals surface area (Å²) in [7, 11) is 1.77. The van der Waals surface area contributed by atoms with Gasteiger partial charge in [-0.2, -0.15) is 0 Å². The molecule has 0 amide bonds. The van der Waals surface area contributed by atoms with Gasteiger partial charge in [0.1, 0.15) is 0 Å². The number of benzene rings is 1. The van der Waals surface area contributed by atoms with E-state index < -0.39 is 0 Å². The highest BCUT2D eigenvalue weighted by Crippen LogP contribution is 2.23. The molecule has 0 radical (unpaired) electrons. The summed E-state index contributed by atoms with van der Waals surface area (Å²) in [6.45, 7) is 10.3. The SMILES string of the molecule is COC(C)C(C)(CN)N1CCN(Cc2ccccc2)CC1. The molecule has 4 heteroatoms. The standard InChI is InChI=1S/C17H29N3O/c1-15(21-3)17(2,14-18)20-11-9-19(10-12-20)13-16-7-5-4-6-8-16/h4-8,15H,9-14,18H2,1-3H3. The second-order valence-corrected chi connectivity index (χ2v) is 6.19. The van der Waals surface area contributed by atoms with Gasteiger partial charge < -0.3 is 10.5 Å². The Kier molecular flexibility index (Phi) is 5.76. The molecule has 1 aromatic carbocycles. The van der Waals surface area contributed by atoms with Gasteiger partial charge in [-0.3, -0.25) is 9.80 Å². The fourth-order valence-corrected chi connectivity index (χ4v) is 3.06. The molecule has 0 aromatic heterocycles. The molecule has 2 unspecified atom stereocenters. The van der Waals surface area contributed by atoms with Gasteiger partial charge in [0.05, 0.1) is 11.6 Å². The third-order valence-electron chi connectivity index (χ3n) is 4.99. The second-order valence-electron chi connectivity index (χ2n) is 6.19. The van der Waals surface area contributed by atoms with Gasteiger partial charge in [0.2, 0.25) is 0 Å². The van der Waals surface area contributed by atoms with Gasteiger partial charge in [-0.25, -0.2) is 0 Å². The Balaban J connectivity index is 1.90. The lowest BCUT2D eigenvalue weighted by molar-refractivity contribution is -0.0502. The fourth-order valence-electron chi connectivity index (χ4n) is 3.06. The Bertz CT molecular complexity index is 417. The third-order valence-corrected chi connectivity index (χ3v) is 4.99. The van der Waals surface area contributed by atoms with E-state index in [2.05, 4.69) is 54.0 Å². The average molecular weight is 291 g/mol. The zero-order valence-corrected chi connectivity index (χ0v) is 13.6. The largest absolute Gasteiger partial charge is 0.380 e. The van der Waals surface area contributed by atoms with E-state index in [1.807, 2.05) is 0 Å². The predicted octanol–water partition coefficient (Wildman–Crippen LogP) is 1.56. The van der Waals surface area contributed by atoms with Crippen LogP contribution in [-0.4, -0.2) is 61.3 Å². The van der Waals surface area contributed by atoms with Gasteiger partial charge in [0, 0.05) is 46.4 Å². The van der Waals surface area contributed by atoms with E-state index >= 15 is 0 Å². The summed E-state index contributed by atoms with van der Waals surface area (Å²) in [5, 5.41) is 0.